The normalized spacial score (nSPS) is 14.5. The van der Waals surface area contributed by atoms with Gasteiger partial charge in [0.1, 0.15) is 11.4 Å². The summed E-state index contributed by atoms with van der Waals surface area (Å²) < 4.78 is 12.0. The second kappa shape index (κ2) is 14.4. The van der Waals surface area contributed by atoms with E-state index in [0.29, 0.717) is 53.6 Å². The van der Waals surface area contributed by atoms with Crippen LogP contribution in [-0.2, 0) is 20.0 Å². The maximum atomic E-state index is 15.2. The molecule has 5 N–H and O–H groups in total. The maximum absolute atomic E-state index is 15.2. The van der Waals surface area contributed by atoms with Crippen LogP contribution in [0.4, 0.5) is 5.69 Å². The molecule has 1 atom stereocenters. The number of aromatic nitrogens is 4. The van der Waals surface area contributed by atoms with Gasteiger partial charge in [0, 0.05) is 52.3 Å². The lowest BCUT2D eigenvalue weighted by Gasteiger charge is -2.35. The Bertz CT molecular complexity index is 2490. The molecule has 3 aromatic heterocycles. The number of anilines is 1. The van der Waals surface area contributed by atoms with Gasteiger partial charge in [0.05, 0.1) is 58.2 Å². The van der Waals surface area contributed by atoms with Gasteiger partial charge in [-0.1, -0.05) is 41.4 Å². The summed E-state index contributed by atoms with van der Waals surface area (Å²) in [4.78, 5) is 29.3. The summed E-state index contributed by atoms with van der Waals surface area (Å²) in [6.45, 7) is 10.8. The van der Waals surface area contributed by atoms with E-state index in [1.807, 2.05) is 81.9 Å². The molecule has 0 bridgehead atoms. The van der Waals surface area contributed by atoms with Gasteiger partial charge in [-0.05, 0) is 94.5 Å². The quantitative estimate of drug-likeness (QED) is 0.0529. The number of amides is 1. The van der Waals surface area contributed by atoms with Gasteiger partial charge in [0.2, 0.25) is 0 Å². The van der Waals surface area contributed by atoms with Crippen LogP contribution in [0.15, 0.2) is 48.5 Å². The smallest absolute Gasteiger partial charge is 0.275 e. The monoisotopic (exact) mass is 766 g/mol. The Labute approximate surface area is 323 Å². The van der Waals surface area contributed by atoms with Gasteiger partial charge in [0.15, 0.2) is 6.29 Å². The highest BCUT2D eigenvalue weighted by Gasteiger charge is 2.37. The summed E-state index contributed by atoms with van der Waals surface area (Å²) in [5.41, 5.74) is 21.3. The molecule has 4 heterocycles. The summed E-state index contributed by atoms with van der Waals surface area (Å²) in [6, 6.07) is 15.0. The van der Waals surface area contributed by atoms with E-state index in [2.05, 4.69) is 11.5 Å². The van der Waals surface area contributed by atoms with E-state index < -0.39 is 6.17 Å². The number of carbonyl (C=O) groups is 2. The number of ether oxygens (including phenoxy) is 1. The zero-order valence-corrected chi connectivity index (χ0v) is 32.8. The van der Waals surface area contributed by atoms with Crippen molar-refractivity contribution >= 4 is 68.6 Å². The molecule has 1 amide bonds. The lowest BCUT2D eigenvalue weighted by Crippen LogP contribution is -2.43. The average molecular weight is 768 g/mol. The van der Waals surface area contributed by atoms with E-state index in [4.69, 9.17) is 49.9 Å². The van der Waals surface area contributed by atoms with Crippen LogP contribution in [0, 0.1) is 33.1 Å². The van der Waals surface area contributed by atoms with Crippen molar-refractivity contribution in [1.29, 1.82) is 5.41 Å². The van der Waals surface area contributed by atoms with Crippen molar-refractivity contribution in [2.45, 2.75) is 66.2 Å². The number of benzene rings is 3. The molecular formula is C41H44Cl2N8O3. The van der Waals surface area contributed by atoms with Crippen LogP contribution in [0.2, 0.25) is 10.0 Å². The van der Waals surface area contributed by atoms with Gasteiger partial charge in [0.25, 0.3) is 5.91 Å². The number of aryl methyl sites for hydroxylation is 5. The molecule has 280 valence electrons. The van der Waals surface area contributed by atoms with Crippen LogP contribution in [0.25, 0.3) is 32.9 Å². The van der Waals surface area contributed by atoms with Gasteiger partial charge in [-0.15, -0.1) is 0 Å². The molecule has 0 unspecified atom stereocenters. The minimum Gasteiger partial charge on any atom is -0.494 e. The molecule has 11 nitrogen and oxygen atoms in total. The number of fused-ring (bicyclic) bond motifs is 4. The average Bonchev–Trinajstić information content (AvgIpc) is 3.75. The summed E-state index contributed by atoms with van der Waals surface area (Å²) in [7, 11) is 1.92. The first-order valence-electron chi connectivity index (χ1n) is 18.0. The van der Waals surface area contributed by atoms with Crippen LogP contribution in [0.3, 0.4) is 0 Å². The molecule has 6 aromatic rings. The van der Waals surface area contributed by atoms with E-state index in [0.717, 1.165) is 72.6 Å². The fourth-order valence-corrected chi connectivity index (χ4v) is 8.38. The third-order valence-electron chi connectivity index (χ3n) is 10.6. The fourth-order valence-electron chi connectivity index (χ4n) is 8.02. The first-order valence-corrected chi connectivity index (χ1v) is 18.7. The summed E-state index contributed by atoms with van der Waals surface area (Å²) >= 11 is 13.5. The van der Waals surface area contributed by atoms with Gasteiger partial charge in [-0.3, -0.25) is 14.3 Å². The zero-order chi connectivity index (χ0) is 38.7. The van der Waals surface area contributed by atoms with Gasteiger partial charge >= 0.3 is 0 Å². The van der Waals surface area contributed by atoms with Crippen LogP contribution >= 0.6 is 23.2 Å². The van der Waals surface area contributed by atoms with E-state index in [-0.39, 0.29) is 24.2 Å². The minimum absolute atomic E-state index is 0.00763. The number of para-hydroxylation sites is 1. The maximum Gasteiger partial charge on any atom is 0.275 e. The molecule has 1 aliphatic heterocycles. The third-order valence-corrected chi connectivity index (χ3v) is 11.5. The first-order chi connectivity index (χ1) is 25.7. The topological polar surface area (TPSA) is 150 Å². The molecule has 13 heteroatoms. The molecule has 1 aliphatic rings. The number of nitrogens with zero attached hydrogens (tertiary/aromatic N) is 5. The Morgan fingerprint density at radius 2 is 1.78 bits per heavy atom. The number of aldehydes is 1. The van der Waals surface area contributed by atoms with Gasteiger partial charge < -0.3 is 35.6 Å². The predicted molar refractivity (Wildman–Crippen MR) is 217 cm³/mol. The fraction of sp³-hybridized carbons (Fsp3) is 0.317. The number of hydrogen-bond acceptors (Lipinski definition) is 7. The van der Waals surface area contributed by atoms with Crippen molar-refractivity contribution in [2.75, 3.05) is 18.1 Å². The molecule has 0 aliphatic carbocycles. The standard InChI is InChI=1S/C41H44Cl2N8O3/c1-21-15-28(16-22(2)36(21)43)54-14-8-10-29-30-12-13-31(42)35(34-24(4)47-48(6)25(34)5)38(30)51-23(3)18-50(41(53)39(29)51)33-11-7-9-26-17-27(20-52)49(37(26)33)19-32(44)40(45)46/h7,9,11-13,15-17,20,23,40,44H,8,10,14,18-19,45-46H2,1-6H3/t23-/m1/s1. The Morgan fingerprint density at radius 1 is 1.06 bits per heavy atom. The number of carbonyl (C=O) groups excluding carboxylic acids is 2. The second-order valence-electron chi connectivity index (χ2n) is 14.3. The molecular weight excluding hydrogens is 723 g/mol. The number of nitrogens with one attached hydrogen (secondary N) is 1. The molecule has 0 saturated carbocycles. The minimum atomic E-state index is -0.992. The van der Waals surface area contributed by atoms with Gasteiger partial charge in [-0.2, -0.15) is 5.10 Å². The van der Waals surface area contributed by atoms with Crippen LogP contribution in [0.1, 0.15) is 68.4 Å². The summed E-state index contributed by atoms with van der Waals surface area (Å²) in [5, 5.41) is 16.2. The van der Waals surface area contributed by atoms with E-state index >= 15 is 4.79 Å². The van der Waals surface area contributed by atoms with Crippen LogP contribution in [-0.4, -0.2) is 56.1 Å². The van der Waals surface area contributed by atoms with Gasteiger partial charge in [-0.25, -0.2) is 0 Å². The van der Waals surface area contributed by atoms with Crippen molar-refractivity contribution in [3.05, 3.63) is 98.0 Å². The highest BCUT2D eigenvalue weighted by molar-refractivity contribution is 6.35. The zero-order valence-electron chi connectivity index (χ0n) is 31.3. The molecule has 0 saturated heterocycles. The highest BCUT2D eigenvalue weighted by atomic mass is 35.5. The third kappa shape index (κ3) is 6.18. The molecule has 54 heavy (non-hydrogen) atoms. The van der Waals surface area contributed by atoms with Crippen LogP contribution in [0.5, 0.6) is 5.75 Å². The lowest BCUT2D eigenvalue weighted by molar-refractivity contribution is 0.0957. The SMILES string of the molecule is Cc1cc(OCCCc2c3n(c4c(-c5c(C)nn(C)c5C)c(Cl)ccc24)[C@H](C)CN(c2cccc4cc(C=O)n(CC(=N)C(N)N)c24)C3=O)cc(C)c1Cl. The largest absolute Gasteiger partial charge is 0.494 e. The molecule has 0 fully saturated rings. The van der Waals surface area contributed by atoms with Crippen LogP contribution < -0.4 is 21.1 Å². The molecule has 0 radical (unpaired) electrons. The predicted octanol–water partition coefficient (Wildman–Crippen LogP) is 7.85. The Balaban J connectivity index is 1.39. The Kier molecular flexibility index (Phi) is 9.95. The number of halogens is 2. The second-order valence-corrected chi connectivity index (χ2v) is 15.1. The van der Waals surface area contributed by atoms with Crippen molar-refractivity contribution in [3.63, 3.8) is 0 Å². The summed E-state index contributed by atoms with van der Waals surface area (Å²) in [6.07, 6.45) is 0.955. The molecule has 0 spiro atoms. The highest BCUT2D eigenvalue weighted by Crippen LogP contribution is 2.45. The lowest BCUT2D eigenvalue weighted by atomic mass is 9.98. The van der Waals surface area contributed by atoms with E-state index in [9.17, 15) is 4.79 Å². The van der Waals surface area contributed by atoms with Crippen molar-refractivity contribution in [2.24, 2.45) is 18.5 Å². The van der Waals surface area contributed by atoms with E-state index in [1.54, 1.807) is 15.5 Å². The Morgan fingerprint density at radius 3 is 2.43 bits per heavy atom. The van der Waals surface area contributed by atoms with Crippen molar-refractivity contribution in [1.82, 2.24) is 18.9 Å². The molecule has 7 rings (SSSR count). The van der Waals surface area contributed by atoms with Crippen molar-refractivity contribution in [3.8, 4) is 16.9 Å². The number of rotatable bonds is 11. The molecule has 3 aromatic carbocycles. The Hall–Kier alpha value is -4.94. The summed E-state index contributed by atoms with van der Waals surface area (Å²) in [5.74, 6) is 0.574. The number of hydrogen-bond donors (Lipinski definition) is 3. The first kappa shape index (κ1) is 37.4. The van der Waals surface area contributed by atoms with Crippen molar-refractivity contribution < 1.29 is 14.3 Å². The van der Waals surface area contributed by atoms with E-state index in [1.165, 1.54) is 0 Å². The number of nitrogens with two attached hydrogens (primary N) is 2.